The van der Waals surface area contributed by atoms with Crippen molar-refractivity contribution in [3.8, 4) is 11.1 Å². The minimum Gasteiger partial charge on any atom is -0.352 e. The van der Waals surface area contributed by atoms with Gasteiger partial charge in [0.2, 0.25) is 5.95 Å². The predicted molar refractivity (Wildman–Crippen MR) is 135 cm³/mol. The molecule has 5 rings (SSSR count). The van der Waals surface area contributed by atoms with Gasteiger partial charge < -0.3 is 14.8 Å². The van der Waals surface area contributed by atoms with Crippen LogP contribution in [0.2, 0.25) is 0 Å². The normalized spacial score (nSPS) is 16.8. The highest BCUT2D eigenvalue weighted by molar-refractivity contribution is 5.94. The number of pyridine rings is 1. The lowest BCUT2D eigenvalue weighted by molar-refractivity contribution is -0.138. The van der Waals surface area contributed by atoms with Crippen molar-refractivity contribution in [2.45, 2.75) is 31.5 Å². The number of aromatic amines is 1. The standard InChI is InChI=1S/C27H20F9N5O/c1-14-12-40(23-20(27(34,35)36)8-15(13-42)11-37-23)6-7-41(14)24-38-21-10-18(26(31,32)33)9-19(22(21)39-24)16-2-4-17(5-3-16)25(28,29)30/h2-5,8-11,13-14H,6-7,12H2,1H3,(H,38,39). The SMILES string of the molecule is CC1CN(c2ncc(C=O)cc2C(F)(F)F)CCN1c1nc2cc(C(F)(F)F)cc(-c3ccc(C(F)(F)F)cc3)c2[nH]1. The largest absolute Gasteiger partial charge is 0.419 e. The van der Waals surface area contributed by atoms with Gasteiger partial charge >= 0.3 is 18.5 Å². The molecule has 1 atom stereocenters. The van der Waals surface area contributed by atoms with Crippen molar-refractivity contribution < 1.29 is 44.3 Å². The maximum atomic E-state index is 13.7. The molecule has 0 spiro atoms. The van der Waals surface area contributed by atoms with E-state index in [4.69, 9.17) is 0 Å². The number of carbonyl (C=O) groups excluding carboxylic acids is 1. The summed E-state index contributed by atoms with van der Waals surface area (Å²) in [7, 11) is 0. The predicted octanol–water partition coefficient (Wildman–Crippen LogP) is 7.21. The van der Waals surface area contributed by atoms with Crippen LogP contribution in [0.25, 0.3) is 22.2 Å². The topological polar surface area (TPSA) is 65.1 Å². The van der Waals surface area contributed by atoms with Gasteiger partial charge in [-0.05, 0) is 42.8 Å². The molecule has 222 valence electrons. The van der Waals surface area contributed by atoms with Gasteiger partial charge in [-0.2, -0.15) is 39.5 Å². The number of anilines is 2. The van der Waals surface area contributed by atoms with Crippen molar-refractivity contribution in [1.82, 2.24) is 15.0 Å². The summed E-state index contributed by atoms with van der Waals surface area (Å²) in [5, 5.41) is 0. The Morgan fingerprint density at radius 1 is 0.881 bits per heavy atom. The van der Waals surface area contributed by atoms with E-state index in [-0.39, 0.29) is 65.4 Å². The van der Waals surface area contributed by atoms with E-state index in [2.05, 4.69) is 15.0 Å². The number of benzene rings is 2. The lowest BCUT2D eigenvalue weighted by Gasteiger charge is -2.41. The fourth-order valence-corrected chi connectivity index (χ4v) is 4.93. The molecule has 0 amide bonds. The number of nitrogens with zero attached hydrogens (tertiary/aromatic N) is 4. The molecular weight excluding hydrogens is 581 g/mol. The third kappa shape index (κ3) is 5.59. The molecule has 3 heterocycles. The highest BCUT2D eigenvalue weighted by atomic mass is 19.4. The first-order valence-corrected chi connectivity index (χ1v) is 12.4. The number of rotatable bonds is 4. The monoisotopic (exact) mass is 601 g/mol. The van der Waals surface area contributed by atoms with Gasteiger partial charge in [-0.1, -0.05) is 12.1 Å². The summed E-state index contributed by atoms with van der Waals surface area (Å²) in [6, 6.07) is 5.54. The van der Waals surface area contributed by atoms with E-state index < -0.39 is 41.3 Å². The molecule has 2 aromatic heterocycles. The van der Waals surface area contributed by atoms with Gasteiger partial charge in [0, 0.05) is 43.0 Å². The molecule has 1 unspecified atom stereocenters. The number of carbonyl (C=O) groups is 1. The zero-order valence-corrected chi connectivity index (χ0v) is 21.5. The van der Waals surface area contributed by atoms with Gasteiger partial charge in [0.15, 0.2) is 6.29 Å². The highest BCUT2D eigenvalue weighted by Crippen LogP contribution is 2.40. The Bertz CT molecular complexity index is 1620. The molecule has 2 aromatic carbocycles. The molecule has 15 heteroatoms. The van der Waals surface area contributed by atoms with E-state index in [0.717, 1.165) is 42.6 Å². The number of H-pyrrole nitrogens is 1. The summed E-state index contributed by atoms with van der Waals surface area (Å²) < 4.78 is 121. The summed E-state index contributed by atoms with van der Waals surface area (Å²) in [4.78, 5) is 25.2. The summed E-state index contributed by atoms with van der Waals surface area (Å²) in [5.41, 5.74) is -3.18. The molecule has 4 aromatic rings. The van der Waals surface area contributed by atoms with Crippen LogP contribution >= 0.6 is 0 Å². The molecule has 1 saturated heterocycles. The van der Waals surface area contributed by atoms with E-state index >= 15 is 0 Å². The second-order valence-electron chi connectivity index (χ2n) is 9.80. The van der Waals surface area contributed by atoms with Crippen LogP contribution in [0.1, 0.15) is 34.0 Å². The molecule has 1 fully saturated rings. The third-order valence-electron chi connectivity index (χ3n) is 6.96. The van der Waals surface area contributed by atoms with Crippen molar-refractivity contribution in [1.29, 1.82) is 0 Å². The van der Waals surface area contributed by atoms with Crippen LogP contribution < -0.4 is 9.80 Å². The molecule has 0 saturated carbocycles. The zero-order chi connectivity index (χ0) is 30.6. The van der Waals surface area contributed by atoms with Gasteiger partial charge in [-0.15, -0.1) is 0 Å². The van der Waals surface area contributed by atoms with Crippen LogP contribution in [0.15, 0.2) is 48.7 Å². The van der Waals surface area contributed by atoms with Crippen LogP contribution in [-0.2, 0) is 18.5 Å². The average molecular weight is 601 g/mol. The van der Waals surface area contributed by atoms with Gasteiger partial charge in [0.25, 0.3) is 0 Å². The second kappa shape index (κ2) is 10.2. The minimum atomic E-state index is -4.77. The molecule has 0 aliphatic carbocycles. The van der Waals surface area contributed by atoms with E-state index in [1.54, 1.807) is 11.8 Å². The fraction of sp³-hybridized carbons (Fsp3) is 0.296. The quantitative estimate of drug-likeness (QED) is 0.198. The fourth-order valence-electron chi connectivity index (χ4n) is 4.93. The van der Waals surface area contributed by atoms with Gasteiger partial charge in [0.05, 0.1) is 27.7 Å². The number of piperazine rings is 1. The number of halogens is 9. The van der Waals surface area contributed by atoms with Crippen molar-refractivity contribution in [3.63, 3.8) is 0 Å². The first kappa shape index (κ1) is 29.2. The first-order valence-electron chi connectivity index (χ1n) is 12.4. The van der Waals surface area contributed by atoms with Gasteiger partial charge in [-0.25, -0.2) is 9.97 Å². The van der Waals surface area contributed by atoms with E-state index in [1.807, 2.05) is 0 Å². The number of aromatic nitrogens is 3. The highest BCUT2D eigenvalue weighted by Gasteiger charge is 2.38. The summed E-state index contributed by atoms with van der Waals surface area (Å²) in [5.74, 6) is -0.214. The van der Waals surface area contributed by atoms with Crippen LogP contribution in [0, 0.1) is 0 Å². The van der Waals surface area contributed by atoms with E-state index in [9.17, 15) is 44.3 Å². The zero-order valence-electron chi connectivity index (χ0n) is 21.5. The number of aldehydes is 1. The Morgan fingerprint density at radius 2 is 1.55 bits per heavy atom. The Hall–Kier alpha value is -4.30. The van der Waals surface area contributed by atoms with Crippen LogP contribution in [0.5, 0.6) is 0 Å². The molecule has 0 bridgehead atoms. The first-order chi connectivity index (χ1) is 19.6. The van der Waals surface area contributed by atoms with E-state index in [0.29, 0.717) is 6.07 Å². The maximum Gasteiger partial charge on any atom is 0.419 e. The Labute approximate surface area is 231 Å². The van der Waals surface area contributed by atoms with Crippen molar-refractivity contribution in [2.75, 3.05) is 29.4 Å². The summed E-state index contributed by atoms with van der Waals surface area (Å²) >= 11 is 0. The minimum absolute atomic E-state index is 0.0205. The third-order valence-corrected chi connectivity index (χ3v) is 6.96. The molecule has 6 nitrogen and oxygen atoms in total. The summed E-state index contributed by atoms with van der Waals surface area (Å²) in [6.45, 7) is 1.87. The summed E-state index contributed by atoms with van der Waals surface area (Å²) in [6.07, 6.45) is -12.9. The van der Waals surface area contributed by atoms with Gasteiger partial charge in [0.1, 0.15) is 5.82 Å². The van der Waals surface area contributed by atoms with Gasteiger partial charge in [-0.3, -0.25) is 4.79 Å². The van der Waals surface area contributed by atoms with Crippen LogP contribution in [-0.4, -0.2) is 46.9 Å². The lowest BCUT2D eigenvalue weighted by atomic mass is 9.99. The molecule has 1 aliphatic heterocycles. The number of imidazole rings is 1. The van der Waals surface area contributed by atoms with Crippen molar-refractivity contribution >= 4 is 29.1 Å². The molecular formula is C27H20F9N5O. The smallest absolute Gasteiger partial charge is 0.352 e. The number of hydrogen-bond donors (Lipinski definition) is 1. The molecule has 1 aliphatic rings. The molecule has 42 heavy (non-hydrogen) atoms. The number of hydrogen-bond acceptors (Lipinski definition) is 5. The number of nitrogens with one attached hydrogen (secondary N) is 1. The average Bonchev–Trinajstić information content (AvgIpc) is 3.35. The lowest BCUT2D eigenvalue weighted by Crippen LogP contribution is -2.53. The van der Waals surface area contributed by atoms with Crippen LogP contribution in [0.3, 0.4) is 0 Å². The second-order valence-corrected chi connectivity index (χ2v) is 9.80. The Kier molecular flexibility index (Phi) is 7.10. The van der Waals surface area contributed by atoms with Crippen LogP contribution in [0.4, 0.5) is 51.3 Å². The van der Waals surface area contributed by atoms with Crippen molar-refractivity contribution in [3.05, 3.63) is 70.9 Å². The number of alkyl halides is 9. The van der Waals surface area contributed by atoms with E-state index in [1.165, 1.54) is 4.90 Å². The Balaban J connectivity index is 1.50. The molecule has 0 radical (unpaired) electrons. The number of fused-ring (bicyclic) bond motifs is 1. The molecule has 1 N–H and O–H groups in total. The maximum absolute atomic E-state index is 13.7. The Morgan fingerprint density at radius 3 is 2.12 bits per heavy atom. The van der Waals surface area contributed by atoms with Crippen molar-refractivity contribution in [2.24, 2.45) is 0 Å².